The maximum absolute atomic E-state index is 11.4. The van der Waals surface area contributed by atoms with Crippen LogP contribution < -0.4 is 0 Å². The Morgan fingerprint density at radius 1 is 0.800 bits per heavy atom. The number of rotatable bonds is 6. The van der Waals surface area contributed by atoms with Gasteiger partial charge in [-0.15, -0.1) is 0 Å². The molecule has 1 saturated heterocycles. The largest absolute Gasteiger partial charge is 0.463 e. The fourth-order valence-electron chi connectivity index (χ4n) is 2.37. The number of aldehydes is 1. The zero-order valence-electron chi connectivity index (χ0n) is 14.3. The Kier molecular flexibility index (Phi) is 7.49. The van der Waals surface area contributed by atoms with E-state index in [0.717, 1.165) is 27.7 Å². The third-order valence-electron chi connectivity index (χ3n) is 3.16. The van der Waals surface area contributed by atoms with Crippen molar-refractivity contribution in [3.8, 4) is 0 Å². The zero-order chi connectivity index (χ0) is 19.1. The minimum atomic E-state index is -1.32. The Hall–Kier alpha value is -2.49. The summed E-state index contributed by atoms with van der Waals surface area (Å²) in [5, 5.41) is 0. The van der Waals surface area contributed by atoms with Gasteiger partial charge in [0.25, 0.3) is 0 Å². The Morgan fingerprint density at radius 2 is 1.28 bits per heavy atom. The minimum absolute atomic E-state index is 0.356. The SMILES string of the molecule is CC(=O)OC[C@H]1O[C@H](C=O)[C@H](OC(C)=O)[C@@H](OC(C)=O)[C@H]1OC(C)=O. The lowest BCUT2D eigenvalue weighted by molar-refractivity contribution is -0.246. The predicted octanol–water partition coefficient (Wildman–Crippen LogP) is -0.689. The highest BCUT2D eigenvalue weighted by molar-refractivity contribution is 5.70. The van der Waals surface area contributed by atoms with Crippen LogP contribution in [0.5, 0.6) is 0 Å². The summed E-state index contributed by atoms with van der Waals surface area (Å²) in [6.45, 7) is 4.11. The van der Waals surface area contributed by atoms with E-state index in [2.05, 4.69) is 0 Å². The maximum atomic E-state index is 11.4. The van der Waals surface area contributed by atoms with Crippen molar-refractivity contribution >= 4 is 30.2 Å². The van der Waals surface area contributed by atoms with E-state index in [0.29, 0.717) is 6.29 Å². The molecule has 10 nitrogen and oxygen atoms in total. The smallest absolute Gasteiger partial charge is 0.303 e. The Balaban J connectivity index is 3.20. The first-order valence-corrected chi connectivity index (χ1v) is 7.41. The van der Waals surface area contributed by atoms with Crippen molar-refractivity contribution in [3.05, 3.63) is 0 Å². The van der Waals surface area contributed by atoms with E-state index in [1.165, 1.54) is 0 Å². The highest BCUT2D eigenvalue weighted by atomic mass is 16.7. The summed E-state index contributed by atoms with van der Waals surface area (Å²) in [5.74, 6) is -2.86. The first-order chi connectivity index (χ1) is 11.6. The molecular formula is C15H20O10. The monoisotopic (exact) mass is 360 g/mol. The summed E-state index contributed by atoms with van der Waals surface area (Å²) >= 11 is 0. The quantitative estimate of drug-likeness (QED) is 0.340. The van der Waals surface area contributed by atoms with E-state index in [-0.39, 0.29) is 6.61 Å². The fraction of sp³-hybridized carbons (Fsp3) is 0.667. The standard InChI is InChI=1S/C15H20O10/c1-7(17)21-6-12-14(23-9(3)19)15(24-10(4)20)13(22-8(2)18)11(5-16)25-12/h5,11-15H,6H2,1-4H3/t11-,12-,13+,14+,15-/m1/s1. The van der Waals surface area contributed by atoms with Gasteiger partial charge in [0.05, 0.1) is 0 Å². The summed E-state index contributed by atoms with van der Waals surface area (Å²) in [5.41, 5.74) is 0. The summed E-state index contributed by atoms with van der Waals surface area (Å²) in [4.78, 5) is 56.5. The average molecular weight is 360 g/mol. The van der Waals surface area contributed by atoms with Crippen LogP contribution >= 0.6 is 0 Å². The van der Waals surface area contributed by atoms with Gasteiger partial charge in [-0.1, -0.05) is 0 Å². The van der Waals surface area contributed by atoms with E-state index in [4.69, 9.17) is 23.7 Å². The molecule has 0 unspecified atom stereocenters. The molecule has 1 aliphatic rings. The molecule has 1 aliphatic heterocycles. The molecule has 5 atom stereocenters. The summed E-state index contributed by atoms with van der Waals surface area (Å²) in [6, 6.07) is 0. The number of esters is 4. The molecule has 1 fully saturated rings. The summed E-state index contributed by atoms with van der Waals surface area (Å²) in [7, 11) is 0. The number of ether oxygens (including phenoxy) is 5. The van der Waals surface area contributed by atoms with E-state index < -0.39 is 54.4 Å². The zero-order valence-corrected chi connectivity index (χ0v) is 14.3. The third kappa shape index (κ3) is 6.14. The van der Waals surface area contributed by atoms with E-state index in [1.54, 1.807) is 0 Å². The Morgan fingerprint density at radius 3 is 1.72 bits per heavy atom. The molecule has 0 radical (unpaired) electrons. The van der Waals surface area contributed by atoms with Crippen molar-refractivity contribution in [1.82, 2.24) is 0 Å². The molecule has 0 aromatic rings. The molecule has 1 rings (SSSR count). The number of hydrogen-bond donors (Lipinski definition) is 0. The molecule has 0 spiro atoms. The van der Waals surface area contributed by atoms with Gasteiger partial charge in [0, 0.05) is 27.7 Å². The van der Waals surface area contributed by atoms with Crippen LogP contribution in [0.15, 0.2) is 0 Å². The van der Waals surface area contributed by atoms with Gasteiger partial charge < -0.3 is 28.5 Å². The van der Waals surface area contributed by atoms with Crippen molar-refractivity contribution in [3.63, 3.8) is 0 Å². The van der Waals surface area contributed by atoms with Crippen molar-refractivity contribution in [2.75, 3.05) is 6.61 Å². The van der Waals surface area contributed by atoms with Crippen molar-refractivity contribution in [1.29, 1.82) is 0 Å². The molecule has 0 aromatic carbocycles. The van der Waals surface area contributed by atoms with Crippen LogP contribution in [-0.2, 0) is 47.7 Å². The molecule has 10 heteroatoms. The van der Waals surface area contributed by atoms with Crippen LogP contribution in [-0.4, -0.2) is 67.3 Å². The van der Waals surface area contributed by atoms with Crippen LogP contribution in [0.25, 0.3) is 0 Å². The molecule has 0 N–H and O–H groups in total. The van der Waals surface area contributed by atoms with Gasteiger partial charge in [-0.05, 0) is 0 Å². The first kappa shape index (κ1) is 20.6. The molecule has 0 bridgehead atoms. The second-order valence-corrected chi connectivity index (χ2v) is 5.30. The van der Waals surface area contributed by atoms with E-state index in [9.17, 15) is 24.0 Å². The Labute approximate surface area is 143 Å². The van der Waals surface area contributed by atoms with Gasteiger partial charge in [0.15, 0.2) is 30.7 Å². The van der Waals surface area contributed by atoms with Crippen LogP contribution in [0.3, 0.4) is 0 Å². The Bertz CT molecular complexity index is 542. The maximum Gasteiger partial charge on any atom is 0.303 e. The van der Waals surface area contributed by atoms with E-state index in [1.807, 2.05) is 0 Å². The van der Waals surface area contributed by atoms with Crippen LogP contribution in [0.4, 0.5) is 0 Å². The highest BCUT2D eigenvalue weighted by Crippen LogP contribution is 2.28. The topological polar surface area (TPSA) is 132 Å². The van der Waals surface area contributed by atoms with Gasteiger partial charge in [-0.2, -0.15) is 0 Å². The molecule has 0 saturated carbocycles. The van der Waals surface area contributed by atoms with Gasteiger partial charge in [0.2, 0.25) is 0 Å². The normalized spacial score (nSPS) is 28.4. The van der Waals surface area contributed by atoms with E-state index >= 15 is 0 Å². The van der Waals surface area contributed by atoms with Crippen LogP contribution in [0, 0.1) is 0 Å². The molecule has 1 heterocycles. The average Bonchev–Trinajstić information content (AvgIpc) is 2.48. The van der Waals surface area contributed by atoms with Crippen molar-refractivity contribution in [2.24, 2.45) is 0 Å². The lowest BCUT2D eigenvalue weighted by Gasteiger charge is -2.42. The van der Waals surface area contributed by atoms with Crippen molar-refractivity contribution < 1.29 is 47.7 Å². The molecule has 25 heavy (non-hydrogen) atoms. The van der Waals surface area contributed by atoms with Gasteiger partial charge in [-0.25, -0.2) is 0 Å². The predicted molar refractivity (Wildman–Crippen MR) is 78.0 cm³/mol. The summed E-state index contributed by atoms with van der Waals surface area (Å²) in [6.07, 6.45) is -5.93. The molecule has 140 valence electrons. The van der Waals surface area contributed by atoms with Gasteiger partial charge in [0.1, 0.15) is 12.7 Å². The third-order valence-corrected chi connectivity index (χ3v) is 3.16. The number of carbonyl (C=O) groups excluding carboxylic acids is 5. The molecule has 0 aromatic heterocycles. The van der Waals surface area contributed by atoms with Crippen LogP contribution in [0.2, 0.25) is 0 Å². The number of hydrogen-bond acceptors (Lipinski definition) is 10. The van der Waals surface area contributed by atoms with Gasteiger partial charge >= 0.3 is 23.9 Å². The summed E-state index contributed by atoms with van der Waals surface area (Å²) < 4.78 is 25.5. The highest BCUT2D eigenvalue weighted by Gasteiger charge is 2.52. The lowest BCUT2D eigenvalue weighted by Crippen LogP contribution is -2.62. The first-order valence-electron chi connectivity index (χ1n) is 7.41. The second-order valence-electron chi connectivity index (χ2n) is 5.30. The molecule has 0 amide bonds. The van der Waals surface area contributed by atoms with Gasteiger partial charge in [-0.3, -0.25) is 19.2 Å². The number of carbonyl (C=O) groups is 5. The fourth-order valence-corrected chi connectivity index (χ4v) is 2.37. The molecular weight excluding hydrogens is 340 g/mol. The van der Waals surface area contributed by atoms with Crippen LogP contribution in [0.1, 0.15) is 27.7 Å². The second kappa shape index (κ2) is 9.11. The lowest BCUT2D eigenvalue weighted by atomic mass is 9.94. The van der Waals surface area contributed by atoms with Crippen molar-refractivity contribution in [2.45, 2.75) is 58.2 Å². The molecule has 0 aliphatic carbocycles. The minimum Gasteiger partial charge on any atom is -0.463 e.